The number of aromatic nitrogens is 1. The quantitative estimate of drug-likeness (QED) is 0.676. The van der Waals surface area contributed by atoms with Gasteiger partial charge < -0.3 is 19.8 Å². The number of hydrogen-bond donors (Lipinski definition) is 2. The summed E-state index contributed by atoms with van der Waals surface area (Å²) in [5.74, 6) is -0.0958. The van der Waals surface area contributed by atoms with Crippen LogP contribution >= 0.6 is 22.6 Å². The maximum Gasteiger partial charge on any atom is 0.417 e. The second kappa shape index (κ2) is 7.33. The van der Waals surface area contributed by atoms with Crippen LogP contribution in [-0.4, -0.2) is 25.1 Å². The summed E-state index contributed by atoms with van der Waals surface area (Å²) < 4.78 is 48.9. The van der Waals surface area contributed by atoms with Crippen molar-refractivity contribution >= 4 is 34.2 Å². The Morgan fingerprint density at radius 3 is 2.32 bits per heavy atom. The highest BCUT2D eigenvalue weighted by molar-refractivity contribution is 14.1. The monoisotopic (exact) mass is 468 g/mol. The van der Waals surface area contributed by atoms with Gasteiger partial charge in [-0.1, -0.05) is 0 Å². The standard InChI is InChI=1S/C15H12F3IN2O4/c1-24-11-4-8(9(19)5-12(11)25-2)13(22)21-10-3-7(15(16,17)18)6-20-14(10)23/h3-6H,1-2H3,(H,20,23)(H,21,22). The molecule has 6 nitrogen and oxygen atoms in total. The van der Waals surface area contributed by atoms with Crippen molar-refractivity contribution in [3.8, 4) is 11.5 Å². The van der Waals surface area contributed by atoms with Crippen molar-refractivity contribution in [2.45, 2.75) is 6.18 Å². The first kappa shape index (κ1) is 19.1. The molecule has 0 aliphatic carbocycles. The molecule has 2 aromatic rings. The van der Waals surface area contributed by atoms with Gasteiger partial charge in [0.2, 0.25) is 0 Å². The topological polar surface area (TPSA) is 80.4 Å². The number of anilines is 1. The number of amides is 1. The molecule has 0 unspecified atom stereocenters. The third-order valence-electron chi connectivity index (χ3n) is 3.20. The van der Waals surface area contributed by atoms with Crippen molar-refractivity contribution in [2.24, 2.45) is 0 Å². The van der Waals surface area contributed by atoms with Crippen LogP contribution in [0.2, 0.25) is 0 Å². The molecular weight excluding hydrogens is 456 g/mol. The zero-order chi connectivity index (χ0) is 18.8. The van der Waals surface area contributed by atoms with Gasteiger partial charge in [0.1, 0.15) is 5.69 Å². The fraction of sp³-hybridized carbons (Fsp3) is 0.200. The number of carbonyl (C=O) groups excluding carboxylic acids is 1. The first-order chi connectivity index (χ1) is 11.7. The van der Waals surface area contributed by atoms with Gasteiger partial charge in [0.05, 0.1) is 25.3 Å². The molecule has 0 radical (unpaired) electrons. The van der Waals surface area contributed by atoms with E-state index in [1.54, 1.807) is 0 Å². The molecule has 134 valence electrons. The Labute approximate surface area is 153 Å². The predicted molar refractivity (Wildman–Crippen MR) is 92.3 cm³/mol. The van der Waals surface area contributed by atoms with E-state index in [9.17, 15) is 22.8 Å². The Balaban J connectivity index is 2.39. The number of carbonyl (C=O) groups is 1. The lowest BCUT2D eigenvalue weighted by atomic mass is 10.1. The third kappa shape index (κ3) is 4.24. The number of ether oxygens (including phenoxy) is 2. The minimum atomic E-state index is -4.65. The van der Waals surface area contributed by atoms with E-state index >= 15 is 0 Å². The second-order valence-corrected chi connectivity index (χ2v) is 5.93. The molecular formula is C15H12F3IN2O4. The minimum absolute atomic E-state index is 0.120. The van der Waals surface area contributed by atoms with Gasteiger partial charge >= 0.3 is 6.18 Å². The summed E-state index contributed by atoms with van der Waals surface area (Å²) in [4.78, 5) is 26.0. The number of methoxy groups -OCH3 is 2. The second-order valence-electron chi connectivity index (χ2n) is 4.77. The lowest BCUT2D eigenvalue weighted by Gasteiger charge is -2.12. The number of aromatic amines is 1. The Morgan fingerprint density at radius 1 is 1.16 bits per heavy atom. The van der Waals surface area contributed by atoms with E-state index in [1.807, 2.05) is 27.6 Å². The smallest absolute Gasteiger partial charge is 0.417 e. The van der Waals surface area contributed by atoms with E-state index in [1.165, 1.54) is 26.4 Å². The molecule has 1 amide bonds. The highest BCUT2D eigenvalue weighted by Gasteiger charge is 2.31. The number of hydrogen-bond acceptors (Lipinski definition) is 4. The number of H-pyrrole nitrogens is 1. The van der Waals surface area contributed by atoms with Crippen LogP contribution in [0.15, 0.2) is 29.2 Å². The van der Waals surface area contributed by atoms with Gasteiger partial charge in [-0.15, -0.1) is 0 Å². The molecule has 2 rings (SSSR count). The van der Waals surface area contributed by atoms with E-state index in [4.69, 9.17) is 9.47 Å². The van der Waals surface area contributed by atoms with Crippen molar-refractivity contribution in [1.29, 1.82) is 0 Å². The fourth-order valence-electron chi connectivity index (χ4n) is 1.96. The predicted octanol–water partition coefficient (Wildman–Crippen LogP) is 3.27. The van der Waals surface area contributed by atoms with Crippen molar-refractivity contribution in [3.63, 3.8) is 0 Å². The maximum absolute atomic E-state index is 12.7. The number of pyridine rings is 1. The lowest BCUT2D eigenvalue weighted by molar-refractivity contribution is -0.137. The normalized spacial score (nSPS) is 11.1. The third-order valence-corrected chi connectivity index (χ3v) is 4.09. The van der Waals surface area contributed by atoms with Gasteiger partial charge in [0.25, 0.3) is 11.5 Å². The Hall–Kier alpha value is -2.24. The van der Waals surface area contributed by atoms with E-state index in [0.717, 1.165) is 0 Å². The van der Waals surface area contributed by atoms with Gasteiger partial charge in [0, 0.05) is 9.77 Å². The molecule has 0 atom stereocenters. The van der Waals surface area contributed by atoms with Crippen LogP contribution in [0.5, 0.6) is 11.5 Å². The summed E-state index contributed by atoms with van der Waals surface area (Å²) in [6.07, 6.45) is -4.11. The zero-order valence-electron chi connectivity index (χ0n) is 13.0. The Kier molecular flexibility index (Phi) is 5.60. The van der Waals surface area contributed by atoms with Crippen molar-refractivity contribution in [2.75, 3.05) is 19.5 Å². The van der Waals surface area contributed by atoms with Crippen LogP contribution < -0.4 is 20.3 Å². The molecule has 1 heterocycles. The van der Waals surface area contributed by atoms with Gasteiger partial charge in [-0.05, 0) is 40.8 Å². The van der Waals surface area contributed by atoms with Crippen molar-refractivity contribution < 1.29 is 27.4 Å². The summed E-state index contributed by atoms with van der Waals surface area (Å²) in [6.45, 7) is 0. The van der Waals surface area contributed by atoms with Crippen LogP contribution in [0.4, 0.5) is 18.9 Å². The van der Waals surface area contributed by atoms with E-state index in [-0.39, 0.29) is 11.3 Å². The molecule has 0 fully saturated rings. The van der Waals surface area contributed by atoms with Crippen LogP contribution in [-0.2, 0) is 6.18 Å². The average molecular weight is 468 g/mol. The zero-order valence-corrected chi connectivity index (χ0v) is 15.1. The van der Waals surface area contributed by atoms with Gasteiger partial charge in [-0.2, -0.15) is 13.2 Å². The van der Waals surface area contributed by atoms with Gasteiger partial charge in [0.15, 0.2) is 11.5 Å². The van der Waals surface area contributed by atoms with E-state index in [2.05, 4.69) is 5.32 Å². The average Bonchev–Trinajstić information content (AvgIpc) is 2.55. The van der Waals surface area contributed by atoms with Crippen molar-refractivity contribution in [3.05, 3.63) is 49.4 Å². The molecule has 25 heavy (non-hydrogen) atoms. The first-order valence-corrected chi connectivity index (χ1v) is 7.78. The number of rotatable bonds is 4. The SMILES string of the molecule is COc1cc(I)c(C(=O)Nc2cc(C(F)(F)F)c[nH]c2=O)cc1OC. The molecule has 0 aliphatic rings. The number of halogens is 4. The molecule has 10 heteroatoms. The highest BCUT2D eigenvalue weighted by Crippen LogP contribution is 2.32. The van der Waals surface area contributed by atoms with E-state index in [0.29, 0.717) is 21.6 Å². The Morgan fingerprint density at radius 2 is 1.76 bits per heavy atom. The molecule has 0 saturated heterocycles. The number of nitrogens with one attached hydrogen (secondary N) is 2. The van der Waals surface area contributed by atoms with Crippen LogP contribution in [0.25, 0.3) is 0 Å². The van der Waals surface area contributed by atoms with Crippen LogP contribution in [0.3, 0.4) is 0 Å². The Bertz CT molecular complexity index is 865. The van der Waals surface area contributed by atoms with Crippen molar-refractivity contribution in [1.82, 2.24) is 4.98 Å². The highest BCUT2D eigenvalue weighted by atomic mass is 127. The molecule has 0 saturated carbocycles. The van der Waals surface area contributed by atoms with E-state index < -0.39 is 28.9 Å². The molecule has 0 spiro atoms. The van der Waals surface area contributed by atoms with Gasteiger partial charge in [-0.3, -0.25) is 9.59 Å². The molecule has 1 aromatic heterocycles. The summed E-state index contributed by atoms with van der Waals surface area (Å²) in [5.41, 5.74) is -2.32. The lowest BCUT2D eigenvalue weighted by Crippen LogP contribution is -2.22. The fourth-order valence-corrected chi connectivity index (χ4v) is 2.64. The summed E-state index contributed by atoms with van der Waals surface area (Å²) >= 11 is 1.87. The summed E-state index contributed by atoms with van der Waals surface area (Å²) in [5, 5.41) is 2.18. The first-order valence-electron chi connectivity index (χ1n) is 6.70. The molecule has 0 bridgehead atoms. The molecule has 1 aromatic carbocycles. The summed E-state index contributed by atoms with van der Waals surface area (Å²) in [6, 6.07) is 3.48. The van der Waals surface area contributed by atoms with Gasteiger partial charge in [-0.25, -0.2) is 0 Å². The maximum atomic E-state index is 12.7. The largest absolute Gasteiger partial charge is 0.493 e. The number of benzene rings is 1. The van der Waals surface area contributed by atoms with Crippen LogP contribution in [0.1, 0.15) is 15.9 Å². The minimum Gasteiger partial charge on any atom is -0.493 e. The molecule has 0 aliphatic heterocycles. The summed E-state index contributed by atoms with van der Waals surface area (Å²) in [7, 11) is 2.81. The molecule has 2 N–H and O–H groups in total. The number of alkyl halides is 3. The van der Waals surface area contributed by atoms with Crippen LogP contribution in [0, 0.1) is 3.57 Å².